The molecule has 1 atom stereocenters. The lowest BCUT2D eigenvalue weighted by atomic mass is 9.99. The molecule has 0 spiro atoms. The largest absolute Gasteiger partial charge is 0.416 e. The number of benzene rings is 1. The van der Waals surface area contributed by atoms with Gasteiger partial charge in [-0.3, -0.25) is 4.79 Å². The van der Waals surface area contributed by atoms with E-state index in [1.807, 2.05) is 0 Å². The van der Waals surface area contributed by atoms with E-state index in [9.17, 15) is 18.0 Å². The molecule has 1 heterocycles. The molecule has 1 aromatic rings. The van der Waals surface area contributed by atoms with Gasteiger partial charge in [-0.25, -0.2) is 0 Å². The molecule has 3 N–H and O–H groups in total. The number of hydrogen-bond acceptors (Lipinski definition) is 3. The topological polar surface area (TPSA) is 64.4 Å². The fourth-order valence-electron chi connectivity index (χ4n) is 1.84. The van der Waals surface area contributed by atoms with Crippen molar-refractivity contribution in [3.63, 3.8) is 0 Å². The van der Waals surface area contributed by atoms with Gasteiger partial charge in [0.1, 0.15) is 5.54 Å². The fraction of sp³-hybridized carbons (Fsp3) is 0.417. The highest BCUT2D eigenvalue weighted by molar-refractivity contribution is 9.10. The third-order valence-corrected chi connectivity index (χ3v) is 3.45. The summed E-state index contributed by atoms with van der Waals surface area (Å²) in [6.45, 7) is 0.412. The Labute approximate surface area is 121 Å². The highest BCUT2D eigenvalue weighted by atomic mass is 79.9. The van der Waals surface area contributed by atoms with Crippen LogP contribution in [0.2, 0.25) is 0 Å². The maximum Gasteiger partial charge on any atom is 0.416 e. The molecule has 8 heteroatoms. The average molecular weight is 353 g/mol. The van der Waals surface area contributed by atoms with E-state index in [1.165, 1.54) is 6.07 Å². The molecule has 110 valence electrons. The van der Waals surface area contributed by atoms with Gasteiger partial charge in [0.2, 0.25) is 5.91 Å². The molecular formula is C12H12BrF3N2O2. The van der Waals surface area contributed by atoms with Crippen LogP contribution in [-0.4, -0.2) is 24.7 Å². The molecule has 1 amide bonds. The summed E-state index contributed by atoms with van der Waals surface area (Å²) in [5.74, 6) is -0.554. The summed E-state index contributed by atoms with van der Waals surface area (Å²) in [6.07, 6.45) is -4.15. The van der Waals surface area contributed by atoms with Crippen molar-refractivity contribution >= 4 is 27.5 Å². The first kappa shape index (κ1) is 15.3. The zero-order valence-electron chi connectivity index (χ0n) is 10.3. The Hall–Kier alpha value is -1.12. The maximum absolute atomic E-state index is 12.7. The number of carbonyl (C=O) groups excluding carboxylic acids is 1. The van der Waals surface area contributed by atoms with Crippen LogP contribution in [0.3, 0.4) is 0 Å². The standard InChI is InChI=1S/C12H12BrF3N2O2/c13-8-3-7(12(14,15)16)4-9(5-8)18-10(19)11(17)1-2-20-6-11/h3-5H,1-2,6,17H2,(H,18,19). The molecule has 0 bridgehead atoms. The average Bonchev–Trinajstić information content (AvgIpc) is 2.75. The van der Waals surface area contributed by atoms with Crippen molar-refractivity contribution in [3.8, 4) is 0 Å². The van der Waals surface area contributed by atoms with E-state index in [-0.39, 0.29) is 16.8 Å². The third kappa shape index (κ3) is 3.31. The Kier molecular flexibility index (Phi) is 4.08. The first-order valence-corrected chi connectivity index (χ1v) is 6.56. The number of carbonyl (C=O) groups is 1. The molecule has 0 radical (unpaired) electrons. The van der Waals surface area contributed by atoms with Gasteiger partial charge in [0, 0.05) is 16.8 Å². The molecule has 1 aliphatic rings. The summed E-state index contributed by atoms with van der Waals surface area (Å²) >= 11 is 2.99. The molecular weight excluding hydrogens is 341 g/mol. The smallest absolute Gasteiger partial charge is 0.379 e. The lowest BCUT2D eigenvalue weighted by molar-refractivity contribution is -0.137. The highest BCUT2D eigenvalue weighted by Gasteiger charge is 2.38. The molecule has 1 saturated heterocycles. The molecule has 0 aliphatic carbocycles. The van der Waals surface area contributed by atoms with Crippen LogP contribution in [0.5, 0.6) is 0 Å². The Morgan fingerprint density at radius 1 is 1.40 bits per heavy atom. The highest BCUT2D eigenvalue weighted by Crippen LogP contribution is 2.33. The number of hydrogen-bond donors (Lipinski definition) is 2. The number of rotatable bonds is 2. The zero-order valence-corrected chi connectivity index (χ0v) is 11.8. The summed E-state index contributed by atoms with van der Waals surface area (Å²) < 4.78 is 43.3. The normalized spacial score (nSPS) is 22.9. The van der Waals surface area contributed by atoms with Crippen LogP contribution in [0.4, 0.5) is 18.9 Å². The van der Waals surface area contributed by atoms with E-state index < -0.39 is 23.2 Å². The van der Waals surface area contributed by atoms with E-state index >= 15 is 0 Å². The van der Waals surface area contributed by atoms with Crippen LogP contribution in [0.25, 0.3) is 0 Å². The van der Waals surface area contributed by atoms with Gasteiger partial charge in [-0.1, -0.05) is 15.9 Å². The lowest BCUT2D eigenvalue weighted by Crippen LogP contribution is -2.51. The van der Waals surface area contributed by atoms with E-state index in [1.54, 1.807) is 0 Å². The second-order valence-corrected chi connectivity index (χ2v) is 5.55. The van der Waals surface area contributed by atoms with Crippen LogP contribution >= 0.6 is 15.9 Å². The number of ether oxygens (including phenoxy) is 1. The quantitative estimate of drug-likeness (QED) is 0.859. The summed E-state index contributed by atoms with van der Waals surface area (Å²) in [5, 5.41) is 2.40. The summed E-state index contributed by atoms with van der Waals surface area (Å²) in [7, 11) is 0. The summed E-state index contributed by atoms with van der Waals surface area (Å²) in [5.41, 5.74) is 3.83. The van der Waals surface area contributed by atoms with Crippen LogP contribution < -0.4 is 11.1 Å². The van der Waals surface area contributed by atoms with Gasteiger partial charge < -0.3 is 15.8 Å². The molecule has 20 heavy (non-hydrogen) atoms. The van der Waals surface area contributed by atoms with Crippen LogP contribution in [0, 0.1) is 0 Å². The number of nitrogens with two attached hydrogens (primary N) is 1. The lowest BCUT2D eigenvalue weighted by Gasteiger charge is -2.21. The molecule has 1 unspecified atom stereocenters. The van der Waals surface area contributed by atoms with Gasteiger partial charge in [0.15, 0.2) is 0 Å². The van der Waals surface area contributed by atoms with Gasteiger partial charge in [-0.2, -0.15) is 13.2 Å². The second-order valence-electron chi connectivity index (χ2n) is 4.64. The number of halogens is 4. The molecule has 0 aromatic heterocycles. The number of amides is 1. The van der Waals surface area contributed by atoms with Crippen LogP contribution in [-0.2, 0) is 15.7 Å². The Morgan fingerprint density at radius 3 is 2.65 bits per heavy atom. The fourth-order valence-corrected chi connectivity index (χ4v) is 2.33. The van der Waals surface area contributed by atoms with Gasteiger partial charge in [0.25, 0.3) is 0 Å². The molecule has 1 aromatic carbocycles. The number of anilines is 1. The molecule has 1 fully saturated rings. The SMILES string of the molecule is NC1(C(=O)Nc2cc(Br)cc(C(F)(F)F)c2)CCOC1. The van der Waals surface area contributed by atoms with Crippen molar-refractivity contribution < 1.29 is 22.7 Å². The van der Waals surface area contributed by atoms with Crippen molar-refractivity contribution in [1.29, 1.82) is 0 Å². The summed E-state index contributed by atoms with van der Waals surface area (Å²) in [4.78, 5) is 12.0. The predicted molar refractivity (Wildman–Crippen MR) is 70.1 cm³/mol. The molecule has 4 nitrogen and oxygen atoms in total. The van der Waals surface area contributed by atoms with Gasteiger partial charge >= 0.3 is 6.18 Å². The van der Waals surface area contributed by atoms with Crippen molar-refractivity contribution in [2.24, 2.45) is 5.73 Å². The molecule has 2 rings (SSSR count). The minimum Gasteiger partial charge on any atom is -0.379 e. The van der Waals surface area contributed by atoms with Gasteiger partial charge in [-0.15, -0.1) is 0 Å². The Morgan fingerprint density at radius 2 is 2.10 bits per heavy atom. The Balaban J connectivity index is 2.21. The van der Waals surface area contributed by atoms with Crippen molar-refractivity contribution in [2.75, 3.05) is 18.5 Å². The first-order chi connectivity index (χ1) is 9.21. The van der Waals surface area contributed by atoms with E-state index in [0.717, 1.165) is 12.1 Å². The van der Waals surface area contributed by atoms with Crippen molar-refractivity contribution in [3.05, 3.63) is 28.2 Å². The molecule has 1 aliphatic heterocycles. The second kappa shape index (κ2) is 5.34. The maximum atomic E-state index is 12.7. The monoisotopic (exact) mass is 352 g/mol. The summed E-state index contributed by atoms with van der Waals surface area (Å²) in [6, 6.07) is 3.18. The minimum atomic E-state index is -4.49. The van der Waals surface area contributed by atoms with Crippen LogP contribution in [0.1, 0.15) is 12.0 Å². The van der Waals surface area contributed by atoms with Gasteiger partial charge in [-0.05, 0) is 24.6 Å². The van der Waals surface area contributed by atoms with E-state index in [0.29, 0.717) is 13.0 Å². The molecule has 0 saturated carbocycles. The van der Waals surface area contributed by atoms with E-state index in [2.05, 4.69) is 21.2 Å². The van der Waals surface area contributed by atoms with E-state index in [4.69, 9.17) is 10.5 Å². The van der Waals surface area contributed by atoms with Crippen LogP contribution in [0.15, 0.2) is 22.7 Å². The Bertz CT molecular complexity index is 528. The number of alkyl halides is 3. The van der Waals surface area contributed by atoms with Crippen molar-refractivity contribution in [1.82, 2.24) is 0 Å². The van der Waals surface area contributed by atoms with Crippen molar-refractivity contribution in [2.45, 2.75) is 18.1 Å². The number of nitrogens with one attached hydrogen (secondary N) is 1. The minimum absolute atomic E-state index is 0.0356. The zero-order chi connectivity index (χ0) is 15.0. The first-order valence-electron chi connectivity index (χ1n) is 5.77. The predicted octanol–water partition coefficient (Wildman–Crippen LogP) is 2.52. The third-order valence-electron chi connectivity index (χ3n) is 2.99. The van der Waals surface area contributed by atoms with Gasteiger partial charge in [0.05, 0.1) is 12.2 Å².